The zero-order valence-corrected chi connectivity index (χ0v) is 11.2. The Balaban J connectivity index is 2.17. The van der Waals surface area contributed by atoms with Crippen LogP contribution in [0.15, 0.2) is 30.6 Å². The van der Waals surface area contributed by atoms with Crippen LogP contribution in [0.2, 0.25) is 10.0 Å². The molecule has 2 aromatic rings. The van der Waals surface area contributed by atoms with Crippen molar-refractivity contribution < 1.29 is 4.74 Å². The van der Waals surface area contributed by atoms with Gasteiger partial charge < -0.3 is 10.1 Å². The normalized spacial score (nSPS) is 10.2. The van der Waals surface area contributed by atoms with Crippen molar-refractivity contribution in [1.82, 2.24) is 9.97 Å². The van der Waals surface area contributed by atoms with E-state index in [1.165, 1.54) is 6.20 Å². The molecule has 1 N–H and O–H groups in total. The first-order chi connectivity index (χ1) is 8.69. The second-order valence-electron chi connectivity index (χ2n) is 3.45. The predicted octanol–water partition coefficient (Wildman–Crippen LogP) is 4.01. The number of nitrogens with zero attached hydrogens (tertiary/aromatic N) is 2. The quantitative estimate of drug-likeness (QED) is 0.921. The van der Waals surface area contributed by atoms with E-state index in [4.69, 9.17) is 27.9 Å². The molecular formula is C12H11Cl2N3O. The third kappa shape index (κ3) is 3.24. The molecule has 0 aliphatic rings. The Morgan fingerprint density at radius 2 is 2.06 bits per heavy atom. The van der Waals surface area contributed by atoms with E-state index in [0.717, 1.165) is 6.54 Å². The number of benzene rings is 1. The Labute approximate surface area is 115 Å². The molecule has 0 radical (unpaired) electrons. The molecule has 0 unspecified atom stereocenters. The second-order valence-corrected chi connectivity index (χ2v) is 4.27. The smallest absolute Gasteiger partial charge is 0.239 e. The van der Waals surface area contributed by atoms with Crippen molar-refractivity contribution in [2.24, 2.45) is 0 Å². The molecule has 94 valence electrons. The summed E-state index contributed by atoms with van der Waals surface area (Å²) in [6, 6.07) is 5.02. The van der Waals surface area contributed by atoms with E-state index in [1.807, 2.05) is 6.92 Å². The van der Waals surface area contributed by atoms with Crippen LogP contribution in [0, 0.1) is 0 Å². The first kappa shape index (κ1) is 12.9. The molecule has 0 atom stereocenters. The molecule has 0 saturated heterocycles. The Morgan fingerprint density at radius 3 is 2.78 bits per heavy atom. The molecule has 0 bridgehead atoms. The molecule has 0 saturated carbocycles. The van der Waals surface area contributed by atoms with Gasteiger partial charge in [0.05, 0.1) is 22.4 Å². The number of hydrogen-bond donors (Lipinski definition) is 1. The van der Waals surface area contributed by atoms with Crippen LogP contribution in [0.4, 0.5) is 5.82 Å². The zero-order chi connectivity index (χ0) is 13.0. The molecule has 6 heteroatoms. The fourth-order valence-corrected chi connectivity index (χ4v) is 1.61. The van der Waals surface area contributed by atoms with E-state index in [0.29, 0.717) is 27.5 Å². The molecule has 2 rings (SSSR count). The molecule has 0 amide bonds. The van der Waals surface area contributed by atoms with Gasteiger partial charge in [0.25, 0.3) is 0 Å². The molecule has 18 heavy (non-hydrogen) atoms. The highest BCUT2D eigenvalue weighted by Crippen LogP contribution is 2.28. The van der Waals surface area contributed by atoms with Crippen LogP contribution in [-0.4, -0.2) is 16.5 Å². The summed E-state index contributed by atoms with van der Waals surface area (Å²) >= 11 is 11.7. The van der Waals surface area contributed by atoms with Crippen molar-refractivity contribution in [1.29, 1.82) is 0 Å². The first-order valence-electron chi connectivity index (χ1n) is 5.38. The van der Waals surface area contributed by atoms with Crippen LogP contribution < -0.4 is 10.1 Å². The molecular weight excluding hydrogens is 273 g/mol. The highest BCUT2D eigenvalue weighted by molar-refractivity contribution is 6.42. The minimum Gasteiger partial charge on any atom is -0.437 e. The number of ether oxygens (including phenoxy) is 1. The van der Waals surface area contributed by atoms with Crippen molar-refractivity contribution in [3.8, 4) is 11.6 Å². The van der Waals surface area contributed by atoms with Gasteiger partial charge in [-0.3, -0.25) is 4.98 Å². The Morgan fingerprint density at radius 1 is 1.22 bits per heavy atom. The van der Waals surface area contributed by atoms with Crippen molar-refractivity contribution in [3.05, 3.63) is 40.6 Å². The fraction of sp³-hybridized carbons (Fsp3) is 0.167. The number of hydrogen-bond acceptors (Lipinski definition) is 4. The van der Waals surface area contributed by atoms with Gasteiger partial charge >= 0.3 is 0 Å². The Kier molecular flexibility index (Phi) is 4.23. The summed E-state index contributed by atoms with van der Waals surface area (Å²) in [5.41, 5.74) is 0. The van der Waals surface area contributed by atoms with Gasteiger partial charge in [0.1, 0.15) is 11.6 Å². The molecule has 4 nitrogen and oxygen atoms in total. The van der Waals surface area contributed by atoms with Gasteiger partial charge in [-0.15, -0.1) is 0 Å². The van der Waals surface area contributed by atoms with E-state index in [9.17, 15) is 0 Å². The minimum absolute atomic E-state index is 0.395. The van der Waals surface area contributed by atoms with Gasteiger partial charge in [0.15, 0.2) is 0 Å². The molecule has 1 aromatic carbocycles. The van der Waals surface area contributed by atoms with Crippen molar-refractivity contribution in [2.75, 3.05) is 11.9 Å². The van der Waals surface area contributed by atoms with Gasteiger partial charge in [-0.25, -0.2) is 0 Å². The SMILES string of the molecule is CCNc1cncc(Oc2ccc(Cl)c(Cl)c2)n1. The first-order valence-corrected chi connectivity index (χ1v) is 6.13. The highest BCUT2D eigenvalue weighted by atomic mass is 35.5. The molecule has 0 aliphatic heterocycles. The van der Waals surface area contributed by atoms with Gasteiger partial charge in [-0.2, -0.15) is 4.98 Å². The number of halogens is 2. The van der Waals surface area contributed by atoms with Crippen molar-refractivity contribution >= 4 is 29.0 Å². The van der Waals surface area contributed by atoms with Crippen molar-refractivity contribution in [2.45, 2.75) is 6.92 Å². The number of aromatic nitrogens is 2. The number of nitrogens with one attached hydrogen (secondary N) is 1. The second kappa shape index (κ2) is 5.89. The molecule has 0 fully saturated rings. The summed E-state index contributed by atoms with van der Waals surface area (Å²) in [7, 11) is 0. The topological polar surface area (TPSA) is 47.0 Å². The fourth-order valence-electron chi connectivity index (χ4n) is 1.32. The molecule has 1 aromatic heterocycles. The van der Waals surface area contributed by atoms with Crippen LogP contribution >= 0.6 is 23.2 Å². The Bertz CT molecular complexity index is 549. The van der Waals surface area contributed by atoms with Crippen LogP contribution in [0.25, 0.3) is 0 Å². The lowest BCUT2D eigenvalue weighted by Gasteiger charge is -2.07. The lowest BCUT2D eigenvalue weighted by molar-refractivity contribution is 0.461. The number of rotatable bonds is 4. The van der Waals surface area contributed by atoms with E-state index < -0.39 is 0 Å². The maximum Gasteiger partial charge on any atom is 0.239 e. The summed E-state index contributed by atoms with van der Waals surface area (Å²) in [5, 5.41) is 3.97. The monoisotopic (exact) mass is 283 g/mol. The third-order valence-corrected chi connectivity index (χ3v) is 2.82. The van der Waals surface area contributed by atoms with Gasteiger partial charge in [0, 0.05) is 12.6 Å². The van der Waals surface area contributed by atoms with Gasteiger partial charge in [0.2, 0.25) is 5.88 Å². The lowest BCUT2D eigenvalue weighted by atomic mass is 10.3. The van der Waals surface area contributed by atoms with Crippen LogP contribution in [0.3, 0.4) is 0 Å². The maximum absolute atomic E-state index is 5.90. The summed E-state index contributed by atoms with van der Waals surface area (Å²) in [6.45, 7) is 2.75. The molecule has 1 heterocycles. The Hall–Kier alpha value is -1.52. The summed E-state index contributed by atoms with van der Waals surface area (Å²) in [5.74, 6) is 1.62. The van der Waals surface area contributed by atoms with E-state index >= 15 is 0 Å². The minimum atomic E-state index is 0.395. The summed E-state index contributed by atoms with van der Waals surface area (Å²) < 4.78 is 5.54. The van der Waals surface area contributed by atoms with Gasteiger partial charge in [-0.1, -0.05) is 23.2 Å². The van der Waals surface area contributed by atoms with Crippen molar-refractivity contribution in [3.63, 3.8) is 0 Å². The van der Waals surface area contributed by atoms with Gasteiger partial charge in [-0.05, 0) is 19.1 Å². The van der Waals surface area contributed by atoms with Crippen LogP contribution in [0.5, 0.6) is 11.6 Å². The summed E-state index contributed by atoms with van der Waals surface area (Å²) in [4.78, 5) is 8.27. The summed E-state index contributed by atoms with van der Waals surface area (Å²) in [6.07, 6.45) is 3.16. The average Bonchev–Trinajstić information content (AvgIpc) is 2.35. The number of anilines is 1. The molecule has 0 spiro atoms. The standard InChI is InChI=1S/C12H11Cl2N3O/c1-2-16-11-6-15-7-12(17-11)18-8-3-4-9(13)10(14)5-8/h3-7H,2H2,1H3,(H,16,17). The van der Waals surface area contributed by atoms with Crippen LogP contribution in [0.1, 0.15) is 6.92 Å². The molecule has 0 aliphatic carbocycles. The third-order valence-electron chi connectivity index (χ3n) is 2.08. The van der Waals surface area contributed by atoms with E-state index in [2.05, 4.69) is 15.3 Å². The zero-order valence-electron chi connectivity index (χ0n) is 9.65. The maximum atomic E-state index is 5.90. The largest absolute Gasteiger partial charge is 0.437 e. The predicted molar refractivity (Wildman–Crippen MR) is 72.7 cm³/mol. The van der Waals surface area contributed by atoms with E-state index in [1.54, 1.807) is 24.4 Å². The lowest BCUT2D eigenvalue weighted by Crippen LogP contribution is -2.00. The average molecular weight is 284 g/mol. The van der Waals surface area contributed by atoms with E-state index in [-0.39, 0.29) is 0 Å². The highest BCUT2D eigenvalue weighted by Gasteiger charge is 2.04. The van der Waals surface area contributed by atoms with Crippen LogP contribution in [-0.2, 0) is 0 Å².